The monoisotopic (exact) mass is 366 g/mol. The van der Waals surface area contributed by atoms with Gasteiger partial charge in [0.2, 0.25) is 5.91 Å². The molecule has 1 aliphatic heterocycles. The molecule has 1 heterocycles. The minimum Gasteiger partial charge on any atom is -0.466 e. The van der Waals surface area contributed by atoms with Gasteiger partial charge in [-0.1, -0.05) is 29.8 Å². The molecule has 25 heavy (non-hydrogen) atoms. The van der Waals surface area contributed by atoms with Gasteiger partial charge in [0.1, 0.15) is 0 Å². The van der Waals surface area contributed by atoms with Gasteiger partial charge in [-0.3, -0.25) is 14.5 Å². The smallest absolute Gasteiger partial charge is 0.309 e. The summed E-state index contributed by atoms with van der Waals surface area (Å²) >= 11 is 6.25. The number of hydrogen-bond acceptors (Lipinski definition) is 4. The standard InChI is InChI=1S/C19H27ClN2O3/c1-4-25-19(24)15-9-11-22(12-10-15)18(23)13-21(3)14(2)16-7-5-6-8-17(16)20/h5-8,14-15H,4,9-13H2,1-3H3. The average Bonchev–Trinajstić information content (AvgIpc) is 2.61. The van der Waals surface area contributed by atoms with Crippen LogP contribution in [0.5, 0.6) is 0 Å². The van der Waals surface area contributed by atoms with Crippen LogP contribution in [0, 0.1) is 5.92 Å². The van der Waals surface area contributed by atoms with Crippen LogP contribution in [0.2, 0.25) is 5.02 Å². The largest absolute Gasteiger partial charge is 0.466 e. The molecule has 2 rings (SSSR count). The number of rotatable bonds is 6. The van der Waals surface area contributed by atoms with E-state index in [1.165, 1.54) is 0 Å². The normalized spacial score (nSPS) is 16.8. The first-order valence-corrected chi connectivity index (χ1v) is 9.20. The number of carbonyl (C=O) groups excluding carboxylic acids is 2. The molecule has 1 fully saturated rings. The van der Waals surface area contributed by atoms with E-state index in [2.05, 4.69) is 0 Å². The van der Waals surface area contributed by atoms with E-state index in [0.29, 0.717) is 44.1 Å². The molecule has 138 valence electrons. The second-order valence-electron chi connectivity index (χ2n) is 6.52. The minimum atomic E-state index is -0.140. The average molecular weight is 367 g/mol. The zero-order valence-electron chi connectivity index (χ0n) is 15.2. The second-order valence-corrected chi connectivity index (χ2v) is 6.93. The molecule has 1 atom stereocenters. The van der Waals surface area contributed by atoms with E-state index in [1.807, 2.05) is 55.0 Å². The van der Waals surface area contributed by atoms with Crippen molar-refractivity contribution in [2.24, 2.45) is 5.92 Å². The molecule has 0 bridgehead atoms. The van der Waals surface area contributed by atoms with E-state index in [9.17, 15) is 9.59 Å². The summed E-state index contributed by atoms with van der Waals surface area (Å²) in [6.45, 7) is 5.81. The Hall–Kier alpha value is -1.59. The highest BCUT2D eigenvalue weighted by atomic mass is 35.5. The number of ether oxygens (including phenoxy) is 1. The summed E-state index contributed by atoms with van der Waals surface area (Å²) in [5.74, 6) is -0.133. The van der Waals surface area contributed by atoms with Crippen LogP contribution >= 0.6 is 11.6 Å². The van der Waals surface area contributed by atoms with E-state index >= 15 is 0 Å². The lowest BCUT2D eigenvalue weighted by atomic mass is 9.97. The second kappa shape index (κ2) is 9.20. The van der Waals surface area contributed by atoms with Crippen LogP contribution < -0.4 is 0 Å². The van der Waals surface area contributed by atoms with Crippen molar-refractivity contribution < 1.29 is 14.3 Å². The lowest BCUT2D eigenvalue weighted by molar-refractivity contribution is -0.151. The SMILES string of the molecule is CCOC(=O)C1CCN(C(=O)CN(C)C(C)c2ccccc2Cl)CC1. The summed E-state index contributed by atoms with van der Waals surface area (Å²) in [4.78, 5) is 28.2. The van der Waals surface area contributed by atoms with Crippen LogP contribution in [0.4, 0.5) is 0 Å². The maximum atomic E-state index is 12.6. The molecule has 1 aliphatic rings. The highest BCUT2D eigenvalue weighted by molar-refractivity contribution is 6.31. The van der Waals surface area contributed by atoms with Crippen LogP contribution in [-0.4, -0.2) is 55.0 Å². The van der Waals surface area contributed by atoms with E-state index in [4.69, 9.17) is 16.3 Å². The molecule has 6 heteroatoms. The van der Waals surface area contributed by atoms with E-state index < -0.39 is 0 Å². The first-order chi connectivity index (χ1) is 11.9. The lowest BCUT2D eigenvalue weighted by Crippen LogP contribution is -2.45. The van der Waals surface area contributed by atoms with E-state index in [0.717, 1.165) is 5.56 Å². The van der Waals surface area contributed by atoms with Gasteiger partial charge in [0.05, 0.1) is 19.1 Å². The van der Waals surface area contributed by atoms with Crippen molar-refractivity contribution in [1.82, 2.24) is 9.80 Å². The van der Waals surface area contributed by atoms with Crippen LogP contribution in [0.15, 0.2) is 24.3 Å². The number of amides is 1. The maximum absolute atomic E-state index is 12.6. The third kappa shape index (κ3) is 5.19. The van der Waals surface area contributed by atoms with Crippen LogP contribution in [0.3, 0.4) is 0 Å². The third-order valence-electron chi connectivity index (χ3n) is 4.87. The van der Waals surface area contributed by atoms with Crippen molar-refractivity contribution in [3.63, 3.8) is 0 Å². The van der Waals surface area contributed by atoms with E-state index in [-0.39, 0.29) is 23.8 Å². The number of likely N-dealkylation sites (N-methyl/N-ethyl adjacent to an activating group) is 1. The Kier molecular flexibility index (Phi) is 7.26. The fraction of sp³-hybridized carbons (Fsp3) is 0.579. The van der Waals surface area contributed by atoms with Gasteiger partial charge in [0, 0.05) is 24.2 Å². The highest BCUT2D eigenvalue weighted by Gasteiger charge is 2.29. The molecule has 0 spiro atoms. The lowest BCUT2D eigenvalue weighted by Gasteiger charge is -2.33. The number of nitrogens with zero attached hydrogens (tertiary/aromatic N) is 2. The van der Waals surface area contributed by atoms with Crippen molar-refractivity contribution >= 4 is 23.5 Å². The Morgan fingerprint density at radius 2 is 1.96 bits per heavy atom. The quantitative estimate of drug-likeness (QED) is 0.726. The molecule has 1 unspecified atom stereocenters. The van der Waals surface area contributed by atoms with Crippen LogP contribution in [0.25, 0.3) is 0 Å². The summed E-state index contributed by atoms with van der Waals surface area (Å²) < 4.78 is 5.07. The van der Waals surface area contributed by atoms with Gasteiger partial charge in [-0.05, 0) is 45.4 Å². The van der Waals surface area contributed by atoms with Crippen LogP contribution in [-0.2, 0) is 14.3 Å². The van der Waals surface area contributed by atoms with Crippen molar-refractivity contribution in [2.45, 2.75) is 32.7 Å². The van der Waals surface area contributed by atoms with Gasteiger partial charge < -0.3 is 9.64 Å². The molecule has 1 aromatic carbocycles. The van der Waals surface area contributed by atoms with Crippen molar-refractivity contribution in [1.29, 1.82) is 0 Å². The molecule has 0 saturated carbocycles. The van der Waals surface area contributed by atoms with E-state index in [1.54, 1.807) is 0 Å². The third-order valence-corrected chi connectivity index (χ3v) is 5.21. The Morgan fingerprint density at radius 3 is 2.56 bits per heavy atom. The topological polar surface area (TPSA) is 49.9 Å². The molecular formula is C19H27ClN2O3. The zero-order valence-corrected chi connectivity index (χ0v) is 16.0. The first kappa shape index (κ1) is 19.7. The summed E-state index contributed by atoms with van der Waals surface area (Å²) in [6, 6.07) is 7.75. The number of piperidine rings is 1. The van der Waals surface area contributed by atoms with Gasteiger partial charge >= 0.3 is 5.97 Å². The Balaban J connectivity index is 1.86. The van der Waals surface area contributed by atoms with Crippen molar-refractivity contribution in [3.05, 3.63) is 34.9 Å². The molecule has 1 aromatic rings. The maximum Gasteiger partial charge on any atom is 0.309 e. The molecule has 0 radical (unpaired) electrons. The zero-order chi connectivity index (χ0) is 18.4. The van der Waals surface area contributed by atoms with Gasteiger partial charge in [0.15, 0.2) is 0 Å². The van der Waals surface area contributed by atoms with Gasteiger partial charge in [-0.25, -0.2) is 0 Å². The number of carbonyl (C=O) groups is 2. The number of benzene rings is 1. The molecule has 5 nitrogen and oxygen atoms in total. The number of likely N-dealkylation sites (tertiary alicyclic amines) is 1. The molecule has 0 N–H and O–H groups in total. The number of esters is 1. The number of hydrogen-bond donors (Lipinski definition) is 0. The predicted octanol–water partition coefficient (Wildman–Crippen LogP) is 3.13. The molecule has 1 saturated heterocycles. The first-order valence-electron chi connectivity index (χ1n) is 8.83. The van der Waals surface area contributed by atoms with Crippen LogP contribution in [0.1, 0.15) is 38.3 Å². The van der Waals surface area contributed by atoms with Crippen molar-refractivity contribution in [2.75, 3.05) is 33.3 Å². The molecule has 0 aliphatic carbocycles. The summed E-state index contributed by atoms with van der Waals surface area (Å²) in [5, 5.41) is 0.713. The highest BCUT2D eigenvalue weighted by Crippen LogP contribution is 2.26. The fourth-order valence-electron chi connectivity index (χ4n) is 3.13. The summed E-state index contributed by atoms with van der Waals surface area (Å²) in [5.41, 5.74) is 1.01. The fourth-order valence-corrected chi connectivity index (χ4v) is 3.42. The number of halogens is 1. The Morgan fingerprint density at radius 1 is 1.32 bits per heavy atom. The molecule has 1 amide bonds. The van der Waals surface area contributed by atoms with Gasteiger partial charge in [-0.15, -0.1) is 0 Å². The predicted molar refractivity (Wildman–Crippen MR) is 98.4 cm³/mol. The Labute approximate surface area is 154 Å². The van der Waals surface area contributed by atoms with Gasteiger partial charge in [-0.2, -0.15) is 0 Å². The van der Waals surface area contributed by atoms with Gasteiger partial charge in [0.25, 0.3) is 0 Å². The summed E-state index contributed by atoms with van der Waals surface area (Å²) in [7, 11) is 1.93. The summed E-state index contributed by atoms with van der Waals surface area (Å²) in [6.07, 6.45) is 1.35. The minimum absolute atomic E-state index is 0.0507. The molecular weight excluding hydrogens is 340 g/mol. The van der Waals surface area contributed by atoms with Crippen molar-refractivity contribution in [3.8, 4) is 0 Å². The Bertz CT molecular complexity index is 600. The molecule has 0 aromatic heterocycles.